The molecule has 4 heterocycles. The maximum absolute atomic E-state index is 12.7. The van der Waals surface area contributed by atoms with E-state index in [9.17, 15) is 39.6 Å². The van der Waals surface area contributed by atoms with Gasteiger partial charge in [0.1, 0.15) is 29.9 Å². The van der Waals surface area contributed by atoms with Crippen molar-refractivity contribution in [3.63, 3.8) is 0 Å². The first-order chi connectivity index (χ1) is 24.7. The summed E-state index contributed by atoms with van der Waals surface area (Å²) >= 11 is 0. The van der Waals surface area contributed by atoms with Crippen LogP contribution >= 0.6 is 0 Å². The zero-order chi connectivity index (χ0) is 42.7. The number of hydrogen-bond acceptors (Lipinski definition) is 12. The van der Waals surface area contributed by atoms with Gasteiger partial charge in [0.2, 0.25) is 0 Å². The Kier molecular flexibility index (Phi) is 15.0. The van der Waals surface area contributed by atoms with Gasteiger partial charge < -0.3 is 23.8 Å². The molecule has 19 nitrogen and oxygen atoms in total. The van der Waals surface area contributed by atoms with Gasteiger partial charge in [0, 0.05) is 62.7 Å². The molecule has 25 heteroatoms. The minimum absolute atomic E-state index is 0.212. The predicted octanol–water partition coefficient (Wildman–Crippen LogP) is 2.09. The van der Waals surface area contributed by atoms with E-state index in [0.717, 1.165) is 3.97 Å². The van der Waals surface area contributed by atoms with Crippen LogP contribution in [0.5, 0.6) is 0 Å². The third-order valence-corrected chi connectivity index (χ3v) is 11.6. The zero-order valence-electron chi connectivity index (χ0n) is 32.5. The zero-order valence-corrected chi connectivity index (χ0v) is 35.0. The number of rotatable bonds is 4. The van der Waals surface area contributed by atoms with Gasteiger partial charge in [0.25, 0.3) is 6.33 Å². The lowest BCUT2D eigenvalue weighted by molar-refractivity contribution is -0.670. The normalized spacial score (nSPS) is 22.2. The molecule has 2 amide bonds. The number of carbonyl (C=O) groups excluding carboxylic acids is 2. The number of alkyl halides is 3. The number of imidazole rings is 2. The van der Waals surface area contributed by atoms with Gasteiger partial charge in [-0.15, -0.1) is 3.97 Å². The number of aromatic nitrogens is 4. The summed E-state index contributed by atoms with van der Waals surface area (Å²) in [5.41, 5.74) is -6.82. The van der Waals surface area contributed by atoms with Gasteiger partial charge in [0.15, 0.2) is 10.1 Å². The Balaban J connectivity index is 0.000000318. The lowest BCUT2D eigenvalue weighted by Crippen LogP contribution is -2.61. The quantitative estimate of drug-likeness (QED) is 0.246. The van der Waals surface area contributed by atoms with Crippen LogP contribution in [0.3, 0.4) is 0 Å². The van der Waals surface area contributed by atoms with Gasteiger partial charge in [-0.3, -0.25) is 0 Å². The van der Waals surface area contributed by atoms with Gasteiger partial charge in [-0.25, -0.2) is 31.5 Å². The first-order valence-electron chi connectivity index (χ1n) is 16.8. The molecule has 2 aromatic rings. The van der Waals surface area contributed by atoms with Crippen molar-refractivity contribution in [1.82, 2.24) is 31.3 Å². The van der Waals surface area contributed by atoms with Crippen LogP contribution in [0.15, 0.2) is 37.4 Å². The summed E-state index contributed by atoms with van der Waals surface area (Å²) in [5.74, 6) is 0. The third-order valence-electron chi connectivity index (χ3n) is 7.67. The Bertz CT molecular complexity index is 1920. The monoisotopic (exact) mass is 852 g/mol. The van der Waals surface area contributed by atoms with Gasteiger partial charge in [-0.2, -0.15) is 38.6 Å². The average Bonchev–Trinajstić information content (AvgIpc) is 3.67. The fraction of sp³-hybridized carbons (Fsp3) is 0.733. The molecule has 0 aromatic carbocycles. The Morgan fingerprint density at radius 2 is 1.05 bits per heavy atom. The largest absolute Gasteiger partial charge is 0.741 e. The predicted molar refractivity (Wildman–Crippen MR) is 189 cm³/mol. The van der Waals surface area contributed by atoms with E-state index in [2.05, 4.69) is 4.98 Å². The second kappa shape index (κ2) is 17.3. The standard InChI is InChI=1S/C15H27N4O4S.C14H24N4O4S.CHF3O3S/c1-12-9-18(24(21,22)17-8-7-16(6)11-17)10-13(2)19(12)14(20)23-15(3,4)5;1-11-8-17(23(20,21)16-7-6-15-10-16)9-12(2)18(11)13(19)22-14(3,4)5;2-1(3,4)8(5,6)7/h7-8,11-13H,9-10H2,1-6H3;6-7,10-12H,8-9H2,1-5H3;(H,5,6,7)/q+1;;/p-1/t12-,13+;11-,12+;. The molecule has 316 valence electrons. The lowest BCUT2D eigenvalue weighted by atomic mass is 10.1. The molecule has 0 unspecified atom stereocenters. The van der Waals surface area contributed by atoms with E-state index in [-0.39, 0.29) is 50.3 Å². The summed E-state index contributed by atoms with van der Waals surface area (Å²) in [5, 5.41) is 0. The Labute approximate surface area is 320 Å². The van der Waals surface area contributed by atoms with Gasteiger partial charge in [-0.05, 0) is 69.2 Å². The number of aryl methyl sites for hydroxylation is 1. The molecule has 2 saturated heterocycles. The van der Waals surface area contributed by atoms with Crippen LogP contribution < -0.4 is 4.57 Å². The molecule has 2 aliphatic heterocycles. The highest BCUT2D eigenvalue weighted by Crippen LogP contribution is 2.24. The highest BCUT2D eigenvalue weighted by molar-refractivity contribution is 7.87. The van der Waals surface area contributed by atoms with Crippen LogP contribution in [0, 0.1) is 0 Å². The second-order valence-electron chi connectivity index (χ2n) is 15.0. The summed E-state index contributed by atoms with van der Waals surface area (Å²) in [6.45, 7) is 19.0. The maximum atomic E-state index is 12.7. The number of nitrogens with zero attached hydrogens (tertiary/aromatic N) is 8. The van der Waals surface area contributed by atoms with Crippen molar-refractivity contribution in [2.75, 3.05) is 26.2 Å². The molecular formula is C30H51F3N8O11S3. The smallest absolute Gasteiger partial charge is 0.485 e. The van der Waals surface area contributed by atoms with Crippen LogP contribution in [0.25, 0.3) is 0 Å². The molecule has 2 fully saturated rings. The van der Waals surface area contributed by atoms with Crippen LogP contribution in [0.4, 0.5) is 22.8 Å². The van der Waals surface area contributed by atoms with Crippen LogP contribution in [0.2, 0.25) is 0 Å². The summed E-state index contributed by atoms with van der Waals surface area (Å²) < 4.78 is 127. The van der Waals surface area contributed by atoms with Crippen LogP contribution in [-0.2, 0) is 47.1 Å². The van der Waals surface area contributed by atoms with Gasteiger partial charge in [0.05, 0.1) is 7.05 Å². The average molecular weight is 853 g/mol. The molecule has 0 aliphatic carbocycles. The van der Waals surface area contributed by atoms with E-state index in [1.807, 2.05) is 48.5 Å². The molecule has 0 spiro atoms. The number of hydrogen-bond donors (Lipinski definition) is 0. The van der Waals surface area contributed by atoms with E-state index in [0.29, 0.717) is 0 Å². The number of piperazine rings is 2. The van der Waals surface area contributed by atoms with Crippen molar-refractivity contribution in [1.29, 1.82) is 0 Å². The number of ether oxygens (including phenoxy) is 2. The van der Waals surface area contributed by atoms with E-state index >= 15 is 0 Å². The van der Waals surface area contributed by atoms with Crippen molar-refractivity contribution in [3.05, 3.63) is 37.4 Å². The number of halogens is 3. The molecular weight excluding hydrogens is 802 g/mol. The SMILES string of the molecule is C[C@@H]1CN(S(=O)(=O)n2cc[n+](C)c2)C[C@H](C)N1C(=O)OC(C)(C)C.C[C@@H]1CN(S(=O)(=O)n2ccnc2)C[C@H](C)N1C(=O)OC(C)(C)C.O=S(=O)([O-])C(F)(F)F. The Morgan fingerprint density at radius 1 is 0.709 bits per heavy atom. The molecule has 2 aliphatic rings. The topological polar surface area (TPSA) is 218 Å². The minimum atomic E-state index is -6.09. The van der Waals surface area contributed by atoms with E-state index in [1.54, 1.807) is 48.4 Å². The Hall–Kier alpha value is -3.52. The van der Waals surface area contributed by atoms with Crippen molar-refractivity contribution in [2.24, 2.45) is 7.05 Å². The maximum Gasteiger partial charge on any atom is 0.485 e. The fourth-order valence-corrected chi connectivity index (χ4v) is 8.50. The van der Waals surface area contributed by atoms with Crippen molar-refractivity contribution >= 4 is 42.7 Å². The first kappa shape index (κ1) is 47.6. The summed E-state index contributed by atoms with van der Waals surface area (Å²) in [4.78, 5) is 31.7. The highest BCUT2D eigenvalue weighted by Gasteiger charge is 2.42. The van der Waals surface area contributed by atoms with Crippen molar-refractivity contribution in [2.45, 2.75) is 110 Å². The molecule has 4 atom stereocenters. The van der Waals surface area contributed by atoms with Crippen molar-refractivity contribution in [3.8, 4) is 0 Å². The molecule has 0 bridgehead atoms. The lowest BCUT2D eigenvalue weighted by Gasteiger charge is -2.43. The molecule has 0 radical (unpaired) electrons. The summed E-state index contributed by atoms with van der Waals surface area (Å²) in [7, 11) is -11.6. The molecule has 0 N–H and O–H groups in total. The minimum Gasteiger partial charge on any atom is -0.741 e. The van der Waals surface area contributed by atoms with E-state index in [1.165, 1.54) is 43.8 Å². The second-order valence-corrected chi connectivity index (χ2v) is 20.1. The van der Waals surface area contributed by atoms with E-state index < -0.39 is 59.4 Å². The van der Waals surface area contributed by atoms with Crippen LogP contribution in [-0.4, -0.2) is 140 Å². The van der Waals surface area contributed by atoms with Gasteiger partial charge >= 0.3 is 38.1 Å². The Morgan fingerprint density at radius 3 is 1.31 bits per heavy atom. The number of amides is 2. The van der Waals surface area contributed by atoms with Crippen molar-refractivity contribution < 1.29 is 66.6 Å². The van der Waals surface area contributed by atoms with Gasteiger partial charge in [-0.1, -0.05) is 0 Å². The van der Waals surface area contributed by atoms with Crippen LogP contribution in [0.1, 0.15) is 69.2 Å². The number of carbonyl (C=O) groups is 2. The first-order valence-corrected chi connectivity index (χ1v) is 21.0. The molecule has 0 saturated carbocycles. The molecule has 4 rings (SSSR count). The summed E-state index contributed by atoms with van der Waals surface area (Å²) in [6, 6.07) is -1.12. The van der Waals surface area contributed by atoms with E-state index in [4.69, 9.17) is 22.4 Å². The molecule has 2 aromatic heterocycles. The third kappa shape index (κ3) is 13.0. The molecule has 55 heavy (non-hydrogen) atoms. The highest BCUT2D eigenvalue weighted by atomic mass is 32.2. The summed E-state index contributed by atoms with van der Waals surface area (Å²) in [6.07, 6.45) is 7.91. The fourth-order valence-electron chi connectivity index (χ4n) is 5.49.